The fourth-order valence-corrected chi connectivity index (χ4v) is 2.10. The van der Waals surface area contributed by atoms with Crippen molar-refractivity contribution in [2.24, 2.45) is 0 Å². The van der Waals surface area contributed by atoms with E-state index in [0.29, 0.717) is 6.07 Å². The van der Waals surface area contributed by atoms with Gasteiger partial charge in [0.05, 0.1) is 10.6 Å². The van der Waals surface area contributed by atoms with Crippen LogP contribution in [0.25, 0.3) is 0 Å². The number of rotatable bonds is 4. The Morgan fingerprint density at radius 2 is 2.00 bits per heavy atom. The maximum absolute atomic E-state index is 13.2. The van der Waals surface area contributed by atoms with Crippen molar-refractivity contribution >= 4 is 15.8 Å². The molecule has 0 saturated carbocycles. The Balaban J connectivity index is 3.33. The number of alkyl halides is 2. The third-order valence-electron chi connectivity index (χ3n) is 2.20. The first-order valence-electron chi connectivity index (χ1n) is 4.66. The van der Waals surface area contributed by atoms with Gasteiger partial charge in [0.15, 0.2) is 9.84 Å². The summed E-state index contributed by atoms with van der Waals surface area (Å²) in [6.45, 7) is 1.37. The fraction of sp³-hybridized carbons (Fsp3) is 0.300. The molecule has 94 valence electrons. The first-order chi connectivity index (χ1) is 7.71. The highest BCUT2D eigenvalue weighted by Gasteiger charge is 2.41. The summed E-state index contributed by atoms with van der Waals surface area (Å²) in [5.74, 6) is -6.66. The minimum atomic E-state index is -4.10. The van der Waals surface area contributed by atoms with Crippen LogP contribution >= 0.6 is 0 Å². The highest BCUT2D eigenvalue weighted by Crippen LogP contribution is 2.29. The molecule has 0 radical (unpaired) electrons. The zero-order valence-electron chi connectivity index (χ0n) is 8.85. The summed E-state index contributed by atoms with van der Waals surface area (Å²) in [7, 11) is -3.63. The monoisotopic (exact) mass is 264 g/mol. The molecule has 0 aromatic heterocycles. The normalized spacial score (nSPS) is 12.4. The van der Waals surface area contributed by atoms with Crippen LogP contribution in [-0.4, -0.2) is 25.2 Å². The molecule has 0 amide bonds. The van der Waals surface area contributed by atoms with Crippen LogP contribution in [0.15, 0.2) is 29.2 Å². The van der Waals surface area contributed by atoms with Gasteiger partial charge in [-0.05, 0) is 12.1 Å². The molecule has 4 nitrogen and oxygen atoms in total. The lowest BCUT2D eigenvalue weighted by Crippen LogP contribution is -2.25. The average Bonchev–Trinajstić information content (AvgIpc) is 2.29. The van der Waals surface area contributed by atoms with Crippen LogP contribution in [0.5, 0.6) is 0 Å². The van der Waals surface area contributed by atoms with Crippen molar-refractivity contribution < 1.29 is 27.1 Å². The number of hydrogen-bond acceptors (Lipinski definition) is 3. The number of sulfone groups is 1. The van der Waals surface area contributed by atoms with E-state index in [9.17, 15) is 22.0 Å². The number of benzene rings is 1. The second-order valence-electron chi connectivity index (χ2n) is 3.31. The smallest absolute Gasteiger partial charge is 0.379 e. The Kier molecular flexibility index (Phi) is 3.51. The number of carbonyl (C=O) groups is 1. The second kappa shape index (κ2) is 4.40. The highest BCUT2D eigenvalue weighted by molar-refractivity contribution is 7.91. The molecule has 17 heavy (non-hydrogen) atoms. The van der Waals surface area contributed by atoms with Crippen molar-refractivity contribution in [2.45, 2.75) is 17.7 Å². The first-order valence-corrected chi connectivity index (χ1v) is 6.31. The molecule has 1 aromatic carbocycles. The van der Waals surface area contributed by atoms with Crippen LogP contribution in [0.3, 0.4) is 0 Å². The molecule has 0 aliphatic heterocycles. The molecule has 0 unspecified atom stereocenters. The van der Waals surface area contributed by atoms with E-state index in [1.54, 1.807) is 0 Å². The maximum atomic E-state index is 13.2. The molecule has 1 rings (SSSR count). The quantitative estimate of drug-likeness (QED) is 0.897. The zero-order chi connectivity index (χ0) is 13.3. The molecule has 0 atom stereocenters. The Morgan fingerprint density at radius 3 is 2.47 bits per heavy atom. The molecule has 0 aliphatic carbocycles. The van der Waals surface area contributed by atoms with Crippen LogP contribution in [0.2, 0.25) is 0 Å². The SMILES string of the molecule is CCS(=O)(=O)c1cccc(C(F)(F)C(=O)O)c1. The maximum Gasteiger partial charge on any atom is 0.379 e. The van der Waals surface area contributed by atoms with E-state index in [4.69, 9.17) is 5.11 Å². The number of aliphatic carboxylic acids is 1. The van der Waals surface area contributed by atoms with Crippen molar-refractivity contribution in [2.75, 3.05) is 5.75 Å². The lowest BCUT2D eigenvalue weighted by atomic mass is 10.1. The van der Waals surface area contributed by atoms with Gasteiger partial charge in [0.2, 0.25) is 0 Å². The van der Waals surface area contributed by atoms with Crippen molar-refractivity contribution in [3.05, 3.63) is 29.8 Å². The van der Waals surface area contributed by atoms with Gasteiger partial charge in [0, 0.05) is 5.56 Å². The van der Waals surface area contributed by atoms with Gasteiger partial charge >= 0.3 is 11.9 Å². The van der Waals surface area contributed by atoms with E-state index < -0.39 is 27.3 Å². The number of carboxylic acid groups (broad SMARTS) is 1. The van der Waals surface area contributed by atoms with Crippen LogP contribution in [0.4, 0.5) is 8.78 Å². The minimum absolute atomic E-state index is 0.241. The second-order valence-corrected chi connectivity index (χ2v) is 5.59. The van der Waals surface area contributed by atoms with Gasteiger partial charge in [-0.2, -0.15) is 8.78 Å². The number of carboxylic acids is 1. The Morgan fingerprint density at radius 1 is 1.41 bits per heavy atom. The van der Waals surface area contributed by atoms with Gasteiger partial charge < -0.3 is 5.11 Å². The van der Waals surface area contributed by atoms with E-state index in [0.717, 1.165) is 18.2 Å². The Hall–Kier alpha value is -1.50. The summed E-state index contributed by atoms with van der Waals surface area (Å²) >= 11 is 0. The van der Waals surface area contributed by atoms with Gasteiger partial charge in [0.25, 0.3) is 0 Å². The van der Waals surface area contributed by atoms with Crippen LogP contribution in [0, 0.1) is 0 Å². The van der Waals surface area contributed by atoms with Crippen molar-refractivity contribution in [3.8, 4) is 0 Å². The summed E-state index contributed by atoms with van der Waals surface area (Å²) in [6, 6.07) is 3.81. The van der Waals surface area contributed by atoms with E-state index in [1.807, 2.05) is 0 Å². The zero-order valence-corrected chi connectivity index (χ0v) is 9.67. The molecule has 0 bridgehead atoms. The summed E-state index contributed by atoms with van der Waals surface area (Å²) in [6.07, 6.45) is 0. The average molecular weight is 264 g/mol. The molecule has 7 heteroatoms. The largest absolute Gasteiger partial charge is 0.477 e. The third-order valence-corrected chi connectivity index (χ3v) is 3.94. The minimum Gasteiger partial charge on any atom is -0.477 e. The van der Waals surface area contributed by atoms with Crippen molar-refractivity contribution in [1.82, 2.24) is 0 Å². The summed E-state index contributed by atoms with van der Waals surface area (Å²) < 4.78 is 49.2. The van der Waals surface area contributed by atoms with E-state index in [1.165, 1.54) is 6.92 Å². The van der Waals surface area contributed by atoms with Gasteiger partial charge in [-0.3, -0.25) is 0 Å². The van der Waals surface area contributed by atoms with Crippen molar-refractivity contribution in [3.63, 3.8) is 0 Å². The number of halogens is 2. The predicted molar refractivity (Wildman–Crippen MR) is 55.7 cm³/mol. The van der Waals surface area contributed by atoms with Gasteiger partial charge in [-0.15, -0.1) is 0 Å². The number of hydrogen-bond donors (Lipinski definition) is 1. The van der Waals surface area contributed by atoms with Gasteiger partial charge in [-0.1, -0.05) is 19.1 Å². The van der Waals surface area contributed by atoms with Crippen LogP contribution in [-0.2, 0) is 20.6 Å². The molecular formula is C10H10F2O4S. The molecule has 1 N–H and O–H groups in total. The highest BCUT2D eigenvalue weighted by atomic mass is 32.2. The molecule has 0 aliphatic rings. The first kappa shape index (κ1) is 13.6. The van der Waals surface area contributed by atoms with Gasteiger partial charge in [0.1, 0.15) is 0 Å². The Bertz CT molecular complexity index is 537. The molecular weight excluding hydrogens is 254 g/mol. The van der Waals surface area contributed by atoms with E-state index in [2.05, 4.69) is 0 Å². The lowest BCUT2D eigenvalue weighted by molar-refractivity contribution is -0.166. The summed E-state index contributed by atoms with van der Waals surface area (Å²) in [5, 5.41) is 8.35. The fourth-order valence-electron chi connectivity index (χ4n) is 1.17. The molecule has 0 spiro atoms. The van der Waals surface area contributed by atoms with E-state index >= 15 is 0 Å². The van der Waals surface area contributed by atoms with Crippen LogP contribution < -0.4 is 0 Å². The summed E-state index contributed by atoms with van der Waals surface area (Å²) in [5.41, 5.74) is -0.848. The van der Waals surface area contributed by atoms with Crippen LogP contribution in [0.1, 0.15) is 12.5 Å². The van der Waals surface area contributed by atoms with Crippen molar-refractivity contribution in [1.29, 1.82) is 0 Å². The van der Waals surface area contributed by atoms with Gasteiger partial charge in [-0.25, -0.2) is 13.2 Å². The topological polar surface area (TPSA) is 71.4 Å². The molecule has 0 saturated heterocycles. The lowest BCUT2D eigenvalue weighted by Gasteiger charge is -2.12. The Labute approximate surface area is 96.8 Å². The van der Waals surface area contributed by atoms with E-state index in [-0.39, 0.29) is 10.6 Å². The molecule has 1 aromatic rings. The standard InChI is InChI=1S/C10H10F2O4S/c1-2-17(15,16)8-5-3-4-7(6-8)10(11,12)9(13)14/h3-6H,2H2,1H3,(H,13,14). The third kappa shape index (κ3) is 2.60. The summed E-state index contributed by atoms with van der Waals surface area (Å²) in [4.78, 5) is 10.0. The molecule has 0 fully saturated rings. The molecule has 0 heterocycles. The predicted octanol–water partition coefficient (Wildman–Crippen LogP) is 1.66.